The van der Waals surface area contributed by atoms with Gasteiger partial charge in [0.2, 0.25) is 0 Å². The number of carbonyl (C=O) groups excluding carboxylic acids is 1. The lowest BCUT2D eigenvalue weighted by Gasteiger charge is -2.00. The van der Waals surface area contributed by atoms with Crippen molar-refractivity contribution in [2.75, 3.05) is 0 Å². The van der Waals surface area contributed by atoms with Gasteiger partial charge in [-0.05, 0) is 24.6 Å². The van der Waals surface area contributed by atoms with Crippen LogP contribution in [0.15, 0.2) is 30.8 Å². The Balaban J connectivity index is 2.85. The molecule has 0 aromatic heterocycles. The zero-order valence-electron chi connectivity index (χ0n) is 6.91. The highest BCUT2D eigenvalue weighted by molar-refractivity contribution is 5.62. The third-order valence-corrected chi connectivity index (χ3v) is 1.53. The molecule has 0 unspecified atom stereocenters. The number of hydrogen-bond donors (Lipinski definition) is 0. The second kappa shape index (κ2) is 3.72. The highest BCUT2D eigenvalue weighted by Crippen LogP contribution is 2.16. The average molecular weight is 162 g/mol. The molecule has 62 valence electrons. The van der Waals surface area contributed by atoms with Gasteiger partial charge in [0.05, 0.1) is 0 Å². The Morgan fingerprint density at radius 1 is 1.42 bits per heavy atom. The van der Waals surface area contributed by atoms with Gasteiger partial charge in [0.15, 0.2) is 0 Å². The summed E-state index contributed by atoms with van der Waals surface area (Å²) in [7, 11) is 0. The quantitative estimate of drug-likeness (QED) is 0.637. The molecule has 0 aliphatic heterocycles. The minimum absolute atomic E-state index is 0.412. The normalized spacial score (nSPS) is 9.08. The van der Waals surface area contributed by atoms with Crippen molar-refractivity contribution in [2.45, 2.75) is 6.92 Å². The third kappa shape index (κ3) is 1.95. The summed E-state index contributed by atoms with van der Waals surface area (Å²) in [6, 6.07) is 7.19. The Kier molecular flexibility index (Phi) is 2.64. The third-order valence-electron chi connectivity index (χ3n) is 1.53. The first-order valence-electron chi connectivity index (χ1n) is 3.60. The number of rotatable bonds is 3. The first-order chi connectivity index (χ1) is 5.74. The summed E-state index contributed by atoms with van der Waals surface area (Å²) in [6.07, 6.45) is 0. The van der Waals surface area contributed by atoms with Crippen molar-refractivity contribution in [3.8, 4) is 5.75 Å². The summed E-state index contributed by atoms with van der Waals surface area (Å²) in [5.74, 6) is 0.551. The van der Waals surface area contributed by atoms with Gasteiger partial charge >= 0.3 is 0 Å². The van der Waals surface area contributed by atoms with Gasteiger partial charge < -0.3 is 4.74 Å². The molecule has 1 aromatic rings. The van der Waals surface area contributed by atoms with Gasteiger partial charge in [-0.2, -0.15) is 0 Å². The maximum absolute atomic E-state index is 9.95. The van der Waals surface area contributed by atoms with E-state index in [1.54, 1.807) is 12.1 Å². The maximum Gasteiger partial charge on any atom is 0.298 e. The lowest BCUT2D eigenvalue weighted by atomic mass is 10.1. The van der Waals surface area contributed by atoms with E-state index < -0.39 is 0 Å². The zero-order valence-corrected chi connectivity index (χ0v) is 6.91. The molecule has 0 heterocycles. The van der Waals surface area contributed by atoms with Crippen molar-refractivity contribution in [1.29, 1.82) is 0 Å². The van der Waals surface area contributed by atoms with E-state index in [0.29, 0.717) is 12.2 Å². The van der Waals surface area contributed by atoms with Crippen LogP contribution in [-0.2, 0) is 4.79 Å². The fourth-order valence-electron chi connectivity index (χ4n) is 0.874. The van der Waals surface area contributed by atoms with Crippen molar-refractivity contribution in [3.05, 3.63) is 36.4 Å². The van der Waals surface area contributed by atoms with Crippen molar-refractivity contribution >= 4 is 12.0 Å². The monoisotopic (exact) mass is 162 g/mol. The average Bonchev–Trinajstić information content (AvgIpc) is 2.06. The SMILES string of the molecule is C=C(C)c1ccc(OC=O)cc1. The fraction of sp³-hybridized carbons (Fsp3) is 0.100. The van der Waals surface area contributed by atoms with Gasteiger partial charge in [-0.25, -0.2) is 0 Å². The van der Waals surface area contributed by atoms with Crippen LogP contribution in [-0.4, -0.2) is 6.47 Å². The molecule has 0 aliphatic carbocycles. The molecular weight excluding hydrogens is 152 g/mol. The van der Waals surface area contributed by atoms with Crippen molar-refractivity contribution < 1.29 is 9.53 Å². The Hall–Kier alpha value is -1.57. The summed E-state index contributed by atoms with van der Waals surface area (Å²) < 4.78 is 4.63. The van der Waals surface area contributed by atoms with E-state index in [1.807, 2.05) is 19.1 Å². The fourth-order valence-corrected chi connectivity index (χ4v) is 0.874. The highest BCUT2D eigenvalue weighted by atomic mass is 16.5. The van der Waals surface area contributed by atoms with E-state index in [-0.39, 0.29) is 0 Å². The predicted molar refractivity (Wildman–Crippen MR) is 47.8 cm³/mol. The largest absolute Gasteiger partial charge is 0.429 e. The molecule has 2 nitrogen and oxygen atoms in total. The van der Waals surface area contributed by atoms with Gasteiger partial charge in [0, 0.05) is 0 Å². The summed E-state index contributed by atoms with van der Waals surface area (Å²) in [6.45, 7) is 6.13. The molecular formula is C10H10O2. The van der Waals surface area contributed by atoms with Crippen LogP contribution in [0.4, 0.5) is 0 Å². The van der Waals surface area contributed by atoms with Gasteiger partial charge in [-0.15, -0.1) is 0 Å². The Labute approximate surface area is 71.5 Å². The second-order valence-corrected chi connectivity index (χ2v) is 2.52. The van der Waals surface area contributed by atoms with Crippen LogP contribution in [0.1, 0.15) is 12.5 Å². The first kappa shape index (κ1) is 8.53. The van der Waals surface area contributed by atoms with Crippen molar-refractivity contribution in [3.63, 3.8) is 0 Å². The molecule has 0 atom stereocenters. The first-order valence-corrected chi connectivity index (χ1v) is 3.60. The van der Waals surface area contributed by atoms with E-state index in [2.05, 4.69) is 11.3 Å². The van der Waals surface area contributed by atoms with Gasteiger partial charge in [0.25, 0.3) is 6.47 Å². The number of benzene rings is 1. The molecule has 0 spiro atoms. The molecule has 0 radical (unpaired) electrons. The number of allylic oxidation sites excluding steroid dienone is 1. The van der Waals surface area contributed by atoms with Crippen LogP contribution < -0.4 is 4.74 Å². The summed E-state index contributed by atoms with van der Waals surface area (Å²) >= 11 is 0. The number of carbonyl (C=O) groups is 1. The summed E-state index contributed by atoms with van der Waals surface area (Å²) in [4.78, 5) is 9.95. The van der Waals surface area contributed by atoms with Crippen LogP contribution in [0, 0.1) is 0 Å². The summed E-state index contributed by atoms with van der Waals surface area (Å²) in [5, 5.41) is 0. The minimum atomic E-state index is 0.412. The van der Waals surface area contributed by atoms with E-state index in [0.717, 1.165) is 11.1 Å². The van der Waals surface area contributed by atoms with Gasteiger partial charge in [0.1, 0.15) is 5.75 Å². The van der Waals surface area contributed by atoms with Gasteiger partial charge in [-0.1, -0.05) is 24.3 Å². The number of ether oxygens (including phenoxy) is 1. The van der Waals surface area contributed by atoms with Crippen molar-refractivity contribution in [2.24, 2.45) is 0 Å². The van der Waals surface area contributed by atoms with Gasteiger partial charge in [-0.3, -0.25) is 4.79 Å². The second-order valence-electron chi connectivity index (χ2n) is 2.52. The minimum Gasteiger partial charge on any atom is -0.429 e. The lowest BCUT2D eigenvalue weighted by molar-refractivity contribution is -0.120. The molecule has 0 amide bonds. The maximum atomic E-state index is 9.95. The van der Waals surface area contributed by atoms with Crippen LogP contribution in [0.2, 0.25) is 0 Å². The highest BCUT2D eigenvalue weighted by Gasteiger charge is 1.94. The van der Waals surface area contributed by atoms with E-state index in [1.165, 1.54) is 0 Å². The van der Waals surface area contributed by atoms with E-state index in [4.69, 9.17) is 0 Å². The predicted octanol–water partition coefficient (Wildman–Crippen LogP) is 2.25. The van der Waals surface area contributed by atoms with Crippen LogP contribution in [0.5, 0.6) is 5.75 Å². The molecule has 0 fully saturated rings. The van der Waals surface area contributed by atoms with Crippen LogP contribution in [0.3, 0.4) is 0 Å². The molecule has 2 heteroatoms. The molecule has 0 aliphatic rings. The lowest BCUT2D eigenvalue weighted by Crippen LogP contribution is -1.87. The molecule has 0 N–H and O–H groups in total. The topological polar surface area (TPSA) is 26.3 Å². The Morgan fingerprint density at radius 3 is 2.42 bits per heavy atom. The molecule has 1 aromatic carbocycles. The number of hydrogen-bond acceptors (Lipinski definition) is 2. The molecule has 12 heavy (non-hydrogen) atoms. The Bertz CT molecular complexity index is 285. The van der Waals surface area contributed by atoms with E-state index >= 15 is 0 Å². The molecule has 0 bridgehead atoms. The smallest absolute Gasteiger partial charge is 0.298 e. The van der Waals surface area contributed by atoms with Crippen LogP contribution in [0.25, 0.3) is 5.57 Å². The van der Waals surface area contributed by atoms with Crippen LogP contribution >= 0.6 is 0 Å². The standard InChI is InChI=1S/C10H10O2/c1-8(2)9-3-5-10(6-4-9)12-7-11/h3-7H,1H2,2H3. The summed E-state index contributed by atoms with van der Waals surface area (Å²) in [5.41, 5.74) is 2.04. The molecule has 0 saturated carbocycles. The van der Waals surface area contributed by atoms with E-state index in [9.17, 15) is 4.79 Å². The van der Waals surface area contributed by atoms with Crippen molar-refractivity contribution in [1.82, 2.24) is 0 Å². The molecule has 1 rings (SSSR count). The molecule has 0 saturated heterocycles. The Morgan fingerprint density at radius 2 is 2.00 bits per heavy atom. The zero-order chi connectivity index (χ0) is 8.97.